The van der Waals surface area contributed by atoms with Crippen molar-refractivity contribution in [2.24, 2.45) is 0 Å². The van der Waals surface area contributed by atoms with Crippen LogP contribution in [0.5, 0.6) is 0 Å². The van der Waals surface area contributed by atoms with Gasteiger partial charge in [-0.2, -0.15) is 0 Å². The molecular formula is C10H20ClNO. The minimum absolute atomic E-state index is 0.508. The second-order valence-electron chi connectivity index (χ2n) is 3.82. The van der Waals surface area contributed by atoms with Gasteiger partial charge in [-0.15, -0.1) is 11.6 Å². The summed E-state index contributed by atoms with van der Waals surface area (Å²) in [6.45, 7) is 4.03. The van der Waals surface area contributed by atoms with Crippen LogP contribution in [0.4, 0.5) is 0 Å². The van der Waals surface area contributed by atoms with Gasteiger partial charge in [0.25, 0.3) is 0 Å². The van der Waals surface area contributed by atoms with Gasteiger partial charge in [0.05, 0.1) is 6.61 Å². The second-order valence-corrected chi connectivity index (χ2v) is 4.19. The van der Waals surface area contributed by atoms with Gasteiger partial charge in [0.1, 0.15) is 0 Å². The minimum atomic E-state index is 0.508. The Morgan fingerprint density at radius 2 is 2.23 bits per heavy atom. The highest BCUT2D eigenvalue weighted by molar-refractivity contribution is 6.18. The van der Waals surface area contributed by atoms with Gasteiger partial charge >= 0.3 is 0 Å². The average Bonchev–Trinajstić information content (AvgIpc) is 2.01. The first-order valence-electron chi connectivity index (χ1n) is 5.10. The molecule has 0 spiro atoms. The zero-order valence-corrected chi connectivity index (χ0v) is 9.39. The molecule has 0 aromatic rings. The number of rotatable bonds is 6. The van der Waals surface area contributed by atoms with Gasteiger partial charge in [0, 0.05) is 31.6 Å². The highest BCUT2D eigenvalue weighted by Crippen LogP contribution is 2.26. The van der Waals surface area contributed by atoms with Gasteiger partial charge in [-0.25, -0.2) is 0 Å². The number of hydrogen-bond donors (Lipinski definition) is 0. The van der Waals surface area contributed by atoms with E-state index in [9.17, 15) is 0 Å². The molecule has 2 nitrogen and oxygen atoms in total. The first-order chi connectivity index (χ1) is 6.29. The van der Waals surface area contributed by atoms with Crippen LogP contribution in [0.3, 0.4) is 0 Å². The van der Waals surface area contributed by atoms with Crippen molar-refractivity contribution in [1.82, 2.24) is 4.90 Å². The fourth-order valence-corrected chi connectivity index (χ4v) is 2.11. The molecule has 1 saturated carbocycles. The van der Waals surface area contributed by atoms with Crippen molar-refractivity contribution in [2.75, 3.05) is 26.1 Å². The summed E-state index contributed by atoms with van der Waals surface area (Å²) in [5.41, 5.74) is 0. The molecule has 0 saturated heterocycles. The van der Waals surface area contributed by atoms with Crippen LogP contribution in [0.15, 0.2) is 0 Å². The minimum Gasteiger partial charge on any atom is -0.383 e. The van der Waals surface area contributed by atoms with Crippen molar-refractivity contribution in [3.8, 4) is 0 Å². The standard InChI is InChI=1S/C10H20ClNO/c1-9(8-13-2)12(7-6-11)10-4-3-5-10/h9-10H,3-8H2,1-2H3. The molecule has 0 bridgehead atoms. The summed E-state index contributed by atoms with van der Waals surface area (Å²) < 4.78 is 5.16. The lowest BCUT2D eigenvalue weighted by molar-refractivity contribution is 0.0449. The molecular weight excluding hydrogens is 186 g/mol. The predicted octanol–water partition coefficient (Wildman–Crippen LogP) is 2.11. The van der Waals surface area contributed by atoms with Crippen molar-refractivity contribution < 1.29 is 4.74 Å². The van der Waals surface area contributed by atoms with Gasteiger partial charge in [-0.05, 0) is 19.8 Å². The third-order valence-corrected chi connectivity index (χ3v) is 3.03. The van der Waals surface area contributed by atoms with Crippen LogP contribution in [-0.4, -0.2) is 43.1 Å². The van der Waals surface area contributed by atoms with Crippen molar-refractivity contribution in [1.29, 1.82) is 0 Å². The first-order valence-corrected chi connectivity index (χ1v) is 5.63. The number of nitrogens with zero attached hydrogens (tertiary/aromatic N) is 1. The summed E-state index contributed by atoms with van der Waals surface area (Å²) in [4.78, 5) is 2.49. The van der Waals surface area contributed by atoms with Crippen LogP contribution in [0, 0.1) is 0 Å². The number of halogens is 1. The molecule has 1 rings (SSSR count). The smallest absolute Gasteiger partial charge is 0.0615 e. The molecule has 0 aromatic carbocycles. The number of ether oxygens (including phenoxy) is 1. The van der Waals surface area contributed by atoms with E-state index in [0.717, 1.165) is 25.1 Å². The Kier molecular flexibility index (Phi) is 5.07. The average molecular weight is 206 g/mol. The lowest BCUT2D eigenvalue weighted by Gasteiger charge is -2.40. The van der Waals surface area contributed by atoms with Crippen molar-refractivity contribution in [3.63, 3.8) is 0 Å². The molecule has 3 heteroatoms. The van der Waals surface area contributed by atoms with E-state index in [2.05, 4.69) is 11.8 Å². The van der Waals surface area contributed by atoms with E-state index in [1.54, 1.807) is 7.11 Å². The number of alkyl halides is 1. The highest BCUT2D eigenvalue weighted by Gasteiger charge is 2.27. The molecule has 0 aliphatic heterocycles. The van der Waals surface area contributed by atoms with Gasteiger partial charge in [-0.3, -0.25) is 4.90 Å². The van der Waals surface area contributed by atoms with Crippen molar-refractivity contribution >= 4 is 11.6 Å². The SMILES string of the molecule is COCC(C)N(CCCl)C1CCC1. The number of methoxy groups -OCH3 is 1. The molecule has 1 aliphatic carbocycles. The first kappa shape index (κ1) is 11.3. The Morgan fingerprint density at radius 1 is 1.54 bits per heavy atom. The number of hydrogen-bond acceptors (Lipinski definition) is 2. The van der Waals surface area contributed by atoms with Gasteiger partial charge < -0.3 is 4.74 Å². The van der Waals surface area contributed by atoms with Gasteiger partial charge in [0.2, 0.25) is 0 Å². The van der Waals surface area contributed by atoms with Crippen LogP contribution in [0.2, 0.25) is 0 Å². The molecule has 13 heavy (non-hydrogen) atoms. The molecule has 1 unspecified atom stereocenters. The van der Waals surface area contributed by atoms with Crippen LogP contribution in [0.25, 0.3) is 0 Å². The van der Waals surface area contributed by atoms with Crippen LogP contribution in [-0.2, 0) is 4.74 Å². The Bertz CT molecular complexity index is 139. The monoisotopic (exact) mass is 205 g/mol. The van der Waals surface area contributed by atoms with E-state index in [1.165, 1.54) is 19.3 Å². The molecule has 1 fully saturated rings. The quantitative estimate of drug-likeness (QED) is 0.616. The molecule has 78 valence electrons. The Hall–Kier alpha value is 0.210. The van der Waals surface area contributed by atoms with Crippen LogP contribution >= 0.6 is 11.6 Å². The maximum absolute atomic E-state index is 5.78. The van der Waals surface area contributed by atoms with Crippen molar-refractivity contribution in [2.45, 2.75) is 38.3 Å². The topological polar surface area (TPSA) is 12.5 Å². The lowest BCUT2D eigenvalue weighted by Crippen LogP contribution is -2.48. The molecule has 0 radical (unpaired) electrons. The molecule has 1 aliphatic rings. The van der Waals surface area contributed by atoms with E-state index in [1.807, 2.05) is 0 Å². The maximum Gasteiger partial charge on any atom is 0.0615 e. The van der Waals surface area contributed by atoms with E-state index in [0.29, 0.717) is 6.04 Å². The third kappa shape index (κ3) is 3.12. The largest absolute Gasteiger partial charge is 0.383 e. The molecule has 1 atom stereocenters. The maximum atomic E-state index is 5.78. The zero-order chi connectivity index (χ0) is 9.68. The Morgan fingerprint density at radius 3 is 2.62 bits per heavy atom. The summed E-state index contributed by atoms with van der Waals surface area (Å²) >= 11 is 5.78. The Balaban J connectivity index is 2.35. The summed E-state index contributed by atoms with van der Waals surface area (Å²) in [6, 6.07) is 1.28. The fraction of sp³-hybridized carbons (Fsp3) is 1.00. The normalized spacial score (nSPS) is 20.3. The molecule has 0 aromatic heterocycles. The summed E-state index contributed by atoms with van der Waals surface area (Å²) in [6.07, 6.45) is 4.05. The summed E-state index contributed by atoms with van der Waals surface area (Å²) in [5, 5.41) is 0. The van der Waals surface area contributed by atoms with E-state index in [-0.39, 0.29) is 0 Å². The predicted molar refractivity (Wildman–Crippen MR) is 56.4 cm³/mol. The summed E-state index contributed by atoms with van der Waals surface area (Å²) in [5.74, 6) is 0.727. The van der Waals surface area contributed by atoms with E-state index < -0.39 is 0 Å². The third-order valence-electron chi connectivity index (χ3n) is 2.86. The second kappa shape index (κ2) is 5.84. The lowest BCUT2D eigenvalue weighted by atomic mass is 9.90. The summed E-state index contributed by atoms with van der Waals surface area (Å²) in [7, 11) is 1.76. The highest BCUT2D eigenvalue weighted by atomic mass is 35.5. The van der Waals surface area contributed by atoms with Gasteiger partial charge in [0.15, 0.2) is 0 Å². The van der Waals surface area contributed by atoms with E-state index in [4.69, 9.17) is 16.3 Å². The van der Waals surface area contributed by atoms with Crippen LogP contribution in [0.1, 0.15) is 26.2 Å². The molecule has 0 heterocycles. The van der Waals surface area contributed by atoms with Crippen molar-refractivity contribution in [3.05, 3.63) is 0 Å². The van der Waals surface area contributed by atoms with Gasteiger partial charge in [-0.1, -0.05) is 6.42 Å². The zero-order valence-electron chi connectivity index (χ0n) is 8.63. The Labute approximate surface area is 86.2 Å². The molecule has 0 N–H and O–H groups in total. The van der Waals surface area contributed by atoms with Crippen LogP contribution < -0.4 is 0 Å². The van der Waals surface area contributed by atoms with E-state index >= 15 is 0 Å². The molecule has 0 amide bonds. The fourth-order valence-electron chi connectivity index (χ4n) is 1.92.